The molecule has 33 heavy (non-hydrogen) atoms. The lowest BCUT2D eigenvalue weighted by Crippen LogP contribution is -2.29. The van der Waals surface area contributed by atoms with Crippen LogP contribution in [0.3, 0.4) is 0 Å². The summed E-state index contributed by atoms with van der Waals surface area (Å²) in [5.74, 6) is 0.215. The van der Waals surface area contributed by atoms with E-state index in [-0.39, 0.29) is 23.2 Å². The summed E-state index contributed by atoms with van der Waals surface area (Å²) in [6.07, 6.45) is 1.93. The molecular formula is C27H24N2O3S. The van der Waals surface area contributed by atoms with Crippen LogP contribution in [0.4, 0.5) is 0 Å². The molecule has 5 rings (SSSR count). The van der Waals surface area contributed by atoms with E-state index in [1.54, 1.807) is 10.6 Å². The van der Waals surface area contributed by atoms with Gasteiger partial charge in [-0.1, -0.05) is 78.5 Å². The van der Waals surface area contributed by atoms with Crippen molar-refractivity contribution in [2.75, 3.05) is 12.4 Å². The van der Waals surface area contributed by atoms with Crippen LogP contribution in [0.1, 0.15) is 23.2 Å². The zero-order chi connectivity index (χ0) is 22.6. The Morgan fingerprint density at radius 1 is 0.970 bits per heavy atom. The van der Waals surface area contributed by atoms with Crippen molar-refractivity contribution >= 4 is 28.4 Å². The summed E-state index contributed by atoms with van der Waals surface area (Å²) < 4.78 is 7.43. The minimum absolute atomic E-state index is 0.00526. The lowest BCUT2D eigenvalue weighted by molar-refractivity contribution is 0.0937. The van der Waals surface area contributed by atoms with Crippen LogP contribution in [-0.4, -0.2) is 33.8 Å². The van der Waals surface area contributed by atoms with Crippen LogP contribution in [-0.2, 0) is 11.3 Å². The number of carbonyl (C=O) groups excluding carboxylic acids is 1. The molecule has 1 aromatic heterocycles. The van der Waals surface area contributed by atoms with E-state index >= 15 is 0 Å². The SMILES string of the molecule is O=C(CSc1nc2ccccc2c(=O)n1C[C@@H]1CCCO1)c1ccc(-c2ccccc2)cc1. The number of Topliss-reactive ketones (excluding diaryl/α,β-unsaturated/α-hetero) is 1. The molecular weight excluding hydrogens is 432 g/mol. The quantitative estimate of drug-likeness (QED) is 0.217. The number of fused-ring (bicyclic) bond motifs is 1. The standard InChI is InChI=1S/C27H24N2O3S/c30-25(21-14-12-20(13-15-21)19-7-2-1-3-8-19)18-33-27-28-24-11-5-4-10-23(24)26(31)29(27)17-22-9-6-16-32-22/h1-5,7-8,10-15,22H,6,9,16-18H2/t22-/m0/s1. The molecule has 2 heterocycles. The van der Waals surface area contributed by atoms with Gasteiger partial charge in [0.1, 0.15) is 0 Å². The van der Waals surface area contributed by atoms with Crippen molar-refractivity contribution in [3.63, 3.8) is 0 Å². The van der Waals surface area contributed by atoms with Crippen molar-refractivity contribution in [3.05, 3.63) is 94.8 Å². The van der Waals surface area contributed by atoms with Gasteiger partial charge in [0.05, 0.1) is 29.3 Å². The number of ether oxygens (including phenoxy) is 1. The van der Waals surface area contributed by atoms with Crippen molar-refractivity contribution in [1.82, 2.24) is 9.55 Å². The maximum Gasteiger partial charge on any atom is 0.262 e. The Morgan fingerprint density at radius 3 is 2.45 bits per heavy atom. The number of thioether (sulfide) groups is 1. The molecule has 0 radical (unpaired) electrons. The third kappa shape index (κ3) is 4.77. The first-order chi connectivity index (χ1) is 16.2. The number of aromatic nitrogens is 2. The molecule has 0 spiro atoms. The second kappa shape index (κ2) is 9.73. The highest BCUT2D eigenvalue weighted by Gasteiger charge is 2.21. The van der Waals surface area contributed by atoms with Crippen LogP contribution in [0.5, 0.6) is 0 Å². The Morgan fingerprint density at radius 2 is 1.70 bits per heavy atom. The van der Waals surface area contributed by atoms with Crippen LogP contribution in [0.25, 0.3) is 22.0 Å². The van der Waals surface area contributed by atoms with E-state index < -0.39 is 0 Å². The molecule has 0 aliphatic carbocycles. The Hall–Kier alpha value is -3.22. The summed E-state index contributed by atoms with van der Waals surface area (Å²) in [5, 5.41) is 1.14. The molecule has 0 unspecified atom stereocenters. The second-order valence-electron chi connectivity index (χ2n) is 8.12. The van der Waals surface area contributed by atoms with Gasteiger partial charge < -0.3 is 4.74 Å². The van der Waals surface area contributed by atoms with Gasteiger partial charge in [-0.15, -0.1) is 0 Å². The van der Waals surface area contributed by atoms with Gasteiger partial charge >= 0.3 is 0 Å². The fourth-order valence-corrected chi connectivity index (χ4v) is 5.01. The number of para-hydroxylation sites is 1. The first kappa shape index (κ1) is 21.6. The van der Waals surface area contributed by atoms with Crippen LogP contribution >= 0.6 is 11.8 Å². The molecule has 0 amide bonds. The number of ketones is 1. The van der Waals surface area contributed by atoms with Crippen LogP contribution < -0.4 is 5.56 Å². The number of rotatable bonds is 7. The second-order valence-corrected chi connectivity index (χ2v) is 9.06. The molecule has 0 bridgehead atoms. The Labute approximate surface area is 196 Å². The molecule has 1 aliphatic rings. The average Bonchev–Trinajstić information content (AvgIpc) is 3.38. The number of carbonyl (C=O) groups is 1. The monoisotopic (exact) mass is 456 g/mol. The first-order valence-electron chi connectivity index (χ1n) is 11.1. The summed E-state index contributed by atoms with van der Waals surface area (Å²) in [6.45, 7) is 1.18. The number of hydrogen-bond donors (Lipinski definition) is 0. The zero-order valence-corrected chi connectivity index (χ0v) is 19.0. The van der Waals surface area contributed by atoms with E-state index in [9.17, 15) is 9.59 Å². The molecule has 0 saturated carbocycles. The Kier molecular flexibility index (Phi) is 6.37. The summed E-state index contributed by atoms with van der Waals surface area (Å²) in [6, 6.07) is 25.1. The maximum absolute atomic E-state index is 13.2. The molecule has 3 aromatic carbocycles. The molecule has 4 aromatic rings. The molecule has 1 aliphatic heterocycles. The normalized spacial score (nSPS) is 15.7. The van der Waals surface area contributed by atoms with E-state index in [0.717, 1.165) is 30.6 Å². The van der Waals surface area contributed by atoms with Gasteiger partial charge in [-0.3, -0.25) is 14.2 Å². The highest BCUT2D eigenvalue weighted by atomic mass is 32.2. The van der Waals surface area contributed by atoms with Gasteiger partial charge in [0, 0.05) is 12.2 Å². The third-order valence-electron chi connectivity index (χ3n) is 5.88. The number of benzene rings is 3. The summed E-state index contributed by atoms with van der Waals surface area (Å²) in [5.41, 5.74) is 3.40. The lowest BCUT2D eigenvalue weighted by Gasteiger charge is -2.16. The number of hydrogen-bond acceptors (Lipinski definition) is 5. The highest BCUT2D eigenvalue weighted by Crippen LogP contribution is 2.23. The van der Waals surface area contributed by atoms with Crippen LogP contribution in [0, 0.1) is 0 Å². The van der Waals surface area contributed by atoms with Crippen molar-refractivity contribution in [2.45, 2.75) is 30.6 Å². The minimum Gasteiger partial charge on any atom is -0.376 e. The predicted octanol–water partition coefficient (Wildman–Crippen LogP) is 5.22. The molecule has 1 atom stereocenters. The fraction of sp³-hybridized carbons (Fsp3) is 0.222. The molecule has 0 N–H and O–H groups in total. The van der Waals surface area contributed by atoms with Crippen molar-refractivity contribution in [1.29, 1.82) is 0 Å². The molecule has 166 valence electrons. The molecule has 1 saturated heterocycles. The summed E-state index contributed by atoms with van der Waals surface area (Å²) >= 11 is 1.31. The maximum atomic E-state index is 13.2. The van der Waals surface area contributed by atoms with Gasteiger partial charge in [0.15, 0.2) is 10.9 Å². The average molecular weight is 457 g/mol. The summed E-state index contributed by atoms with van der Waals surface area (Å²) in [4.78, 5) is 30.8. The van der Waals surface area contributed by atoms with Crippen molar-refractivity contribution in [2.24, 2.45) is 0 Å². The van der Waals surface area contributed by atoms with E-state index in [1.165, 1.54) is 11.8 Å². The van der Waals surface area contributed by atoms with E-state index in [0.29, 0.717) is 28.2 Å². The van der Waals surface area contributed by atoms with Gasteiger partial charge in [0.25, 0.3) is 5.56 Å². The first-order valence-corrected chi connectivity index (χ1v) is 12.1. The number of nitrogens with zero attached hydrogens (tertiary/aromatic N) is 2. The van der Waals surface area contributed by atoms with E-state index in [4.69, 9.17) is 9.72 Å². The Bertz CT molecular complexity index is 1330. The van der Waals surface area contributed by atoms with Crippen molar-refractivity contribution < 1.29 is 9.53 Å². The van der Waals surface area contributed by atoms with E-state index in [2.05, 4.69) is 0 Å². The van der Waals surface area contributed by atoms with Crippen LogP contribution in [0.15, 0.2) is 88.8 Å². The van der Waals surface area contributed by atoms with Crippen molar-refractivity contribution in [3.8, 4) is 11.1 Å². The largest absolute Gasteiger partial charge is 0.376 e. The molecule has 5 nitrogen and oxygen atoms in total. The smallest absolute Gasteiger partial charge is 0.262 e. The zero-order valence-electron chi connectivity index (χ0n) is 18.1. The molecule has 1 fully saturated rings. The predicted molar refractivity (Wildman–Crippen MR) is 132 cm³/mol. The topological polar surface area (TPSA) is 61.2 Å². The van der Waals surface area contributed by atoms with Gasteiger partial charge in [0.2, 0.25) is 0 Å². The fourth-order valence-electron chi connectivity index (χ4n) is 4.10. The van der Waals surface area contributed by atoms with Gasteiger partial charge in [-0.05, 0) is 36.1 Å². The van der Waals surface area contributed by atoms with Gasteiger partial charge in [-0.2, -0.15) is 0 Å². The minimum atomic E-state index is -0.0849. The van der Waals surface area contributed by atoms with Gasteiger partial charge in [-0.25, -0.2) is 4.98 Å². The molecule has 6 heteroatoms. The highest BCUT2D eigenvalue weighted by molar-refractivity contribution is 7.99. The van der Waals surface area contributed by atoms with E-state index in [1.807, 2.05) is 72.8 Å². The Balaban J connectivity index is 1.37. The lowest BCUT2D eigenvalue weighted by atomic mass is 10.0. The van der Waals surface area contributed by atoms with Crippen LogP contribution in [0.2, 0.25) is 0 Å². The summed E-state index contributed by atoms with van der Waals surface area (Å²) in [7, 11) is 0. The third-order valence-corrected chi connectivity index (χ3v) is 6.86.